The summed E-state index contributed by atoms with van der Waals surface area (Å²) in [4.78, 5) is 11.1. The van der Waals surface area contributed by atoms with E-state index < -0.39 is 0 Å². The largest absolute Gasteiger partial charge is 0.466 e. The predicted octanol–water partition coefficient (Wildman–Crippen LogP) is 5.34. The minimum absolute atomic E-state index is 0.227. The lowest BCUT2D eigenvalue weighted by molar-refractivity contribution is -0.140. The topological polar surface area (TPSA) is 26.3 Å². The highest BCUT2D eigenvalue weighted by molar-refractivity contribution is 5.86. The lowest BCUT2D eigenvalue weighted by atomic mass is 9.90. The zero-order chi connectivity index (χ0) is 18.1. The van der Waals surface area contributed by atoms with E-state index in [2.05, 4.69) is 67.6 Å². The molecule has 4 rings (SSSR count). The van der Waals surface area contributed by atoms with Gasteiger partial charge in [-0.2, -0.15) is 0 Å². The van der Waals surface area contributed by atoms with E-state index in [9.17, 15) is 4.79 Å². The first-order valence-corrected chi connectivity index (χ1v) is 9.07. The Morgan fingerprint density at radius 2 is 1.58 bits per heavy atom. The van der Waals surface area contributed by atoms with Crippen LogP contribution in [0, 0.1) is 6.92 Å². The number of rotatable bonds is 4. The quantitative estimate of drug-likeness (QED) is 0.468. The highest BCUT2D eigenvalue weighted by atomic mass is 16.5. The summed E-state index contributed by atoms with van der Waals surface area (Å²) in [7, 11) is 0. The minimum Gasteiger partial charge on any atom is -0.466 e. The molecule has 0 aliphatic heterocycles. The number of ether oxygens (including phenoxy) is 1. The average Bonchev–Trinajstić information content (AvgIpc) is 3.00. The Bertz CT molecular complexity index is 985. The molecule has 0 aromatic heterocycles. The van der Waals surface area contributed by atoms with E-state index in [1.165, 1.54) is 51.4 Å². The average molecular weight is 342 g/mol. The molecule has 3 aromatic carbocycles. The van der Waals surface area contributed by atoms with E-state index in [4.69, 9.17) is 4.74 Å². The number of benzene rings is 3. The molecule has 2 nitrogen and oxygen atoms in total. The van der Waals surface area contributed by atoms with Gasteiger partial charge >= 0.3 is 5.97 Å². The van der Waals surface area contributed by atoms with E-state index in [0.717, 1.165) is 12.8 Å². The van der Waals surface area contributed by atoms with Gasteiger partial charge in [0, 0.05) is 13.3 Å². The summed E-state index contributed by atoms with van der Waals surface area (Å²) < 4.78 is 5.16. The van der Waals surface area contributed by atoms with Gasteiger partial charge in [-0.05, 0) is 57.9 Å². The van der Waals surface area contributed by atoms with E-state index >= 15 is 0 Å². The van der Waals surface area contributed by atoms with E-state index in [-0.39, 0.29) is 5.97 Å². The summed E-state index contributed by atoms with van der Waals surface area (Å²) in [6.07, 6.45) is 1.70. The van der Waals surface area contributed by atoms with Crippen molar-refractivity contribution in [2.75, 3.05) is 6.61 Å². The number of esters is 1. The Kier molecular flexibility index (Phi) is 4.34. The van der Waals surface area contributed by atoms with Crippen molar-refractivity contribution < 1.29 is 9.53 Å². The minimum atomic E-state index is -0.227. The summed E-state index contributed by atoms with van der Waals surface area (Å²) in [5, 5.41) is 0. The first-order chi connectivity index (χ1) is 12.6. The molecule has 3 aromatic rings. The molecule has 0 spiro atoms. The number of carbonyl (C=O) groups is 1. The summed E-state index contributed by atoms with van der Waals surface area (Å²) in [6.45, 7) is 4.03. The maximum absolute atomic E-state index is 11.1. The van der Waals surface area contributed by atoms with Gasteiger partial charge in [0.25, 0.3) is 0 Å². The van der Waals surface area contributed by atoms with Crippen molar-refractivity contribution in [1.82, 2.24) is 0 Å². The van der Waals surface area contributed by atoms with Gasteiger partial charge < -0.3 is 4.74 Å². The monoisotopic (exact) mass is 342 g/mol. The molecular weight excluding hydrogens is 320 g/mol. The van der Waals surface area contributed by atoms with Crippen molar-refractivity contribution in [3.63, 3.8) is 0 Å². The van der Waals surface area contributed by atoms with Crippen LogP contribution in [0.5, 0.6) is 0 Å². The summed E-state index contributed by atoms with van der Waals surface area (Å²) in [6, 6.07) is 21.7. The highest BCUT2D eigenvalue weighted by Gasteiger charge is 2.22. The molecule has 0 heterocycles. The summed E-state index contributed by atoms with van der Waals surface area (Å²) in [5.41, 5.74) is 10.5. The van der Waals surface area contributed by atoms with E-state index in [1.807, 2.05) is 0 Å². The van der Waals surface area contributed by atoms with Crippen molar-refractivity contribution in [3.8, 4) is 22.3 Å². The van der Waals surface area contributed by atoms with Crippen molar-refractivity contribution in [1.29, 1.82) is 0 Å². The standard InChI is InChI=1S/C24H22O2/c1-16-13-22(20-9-5-3-7-18(20)11-12-26-17(2)25)24-15-19-8-4-6-10-21(19)23(24)14-16/h3-10,13-14H,11-12,15H2,1-2H3. The van der Waals surface area contributed by atoms with Crippen LogP contribution in [-0.4, -0.2) is 12.6 Å². The van der Waals surface area contributed by atoms with Gasteiger partial charge in [0.15, 0.2) is 0 Å². The van der Waals surface area contributed by atoms with Crippen LogP contribution in [-0.2, 0) is 22.4 Å². The summed E-state index contributed by atoms with van der Waals surface area (Å²) >= 11 is 0. The molecule has 1 aliphatic carbocycles. The van der Waals surface area contributed by atoms with Crippen molar-refractivity contribution in [3.05, 3.63) is 82.9 Å². The molecule has 130 valence electrons. The van der Waals surface area contributed by atoms with Crippen LogP contribution in [0.3, 0.4) is 0 Å². The number of hydrogen-bond donors (Lipinski definition) is 0. The van der Waals surface area contributed by atoms with Gasteiger partial charge in [-0.25, -0.2) is 0 Å². The Morgan fingerprint density at radius 3 is 2.35 bits per heavy atom. The van der Waals surface area contributed by atoms with Gasteiger partial charge in [0.05, 0.1) is 6.61 Å². The van der Waals surface area contributed by atoms with Crippen LogP contribution in [0.2, 0.25) is 0 Å². The van der Waals surface area contributed by atoms with Crippen molar-refractivity contribution >= 4 is 5.97 Å². The van der Waals surface area contributed by atoms with Crippen LogP contribution in [0.1, 0.15) is 29.2 Å². The molecule has 0 amide bonds. The number of carbonyl (C=O) groups excluding carboxylic acids is 1. The molecular formula is C24H22O2. The first kappa shape index (κ1) is 16.6. The van der Waals surface area contributed by atoms with Crippen LogP contribution in [0.25, 0.3) is 22.3 Å². The molecule has 0 bridgehead atoms. The van der Waals surface area contributed by atoms with Gasteiger partial charge in [-0.1, -0.05) is 60.7 Å². The normalized spacial score (nSPS) is 11.8. The molecule has 0 atom stereocenters. The molecule has 0 N–H and O–H groups in total. The van der Waals surface area contributed by atoms with Crippen LogP contribution in [0.4, 0.5) is 0 Å². The van der Waals surface area contributed by atoms with Crippen LogP contribution < -0.4 is 0 Å². The Morgan fingerprint density at radius 1 is 0.923 bits per heavy atom. The zero-order valence-corrected chi connectivity index (χ0v) is 15.2. The van der Waals surface area contributed by atoms with Gasteiger partial charge in [0.2, 0.25) is 0 Å². The zero-order valence-electron chi connectivity index (χ0n) is 15.2. The number of fused-ring (bicyclic) bond motifs is 3. The lowest BCUT2D eigenvalue weighted by Gasteiger charge is -2.15. The second-order valence-corrected chi connectivity index (χ2v) is 6.92. The number of aryl methyl sites for hydroxylation is 1. The first-order valence-electron chi connectivity index (χ1n) is 9.07. The predicted molar refractivity (Wildman–Crippen MR) is 105 cm³/mol. The van der Waals surface area contributed by atoms with Crippen molar-refractivity contribution in [2.45, 2.75) is 26.7 Å². The summed E-state index contributed by atoms with van der Waals surface area (Å²) in [5.74, 6) is -0.227. The number of hydrogen-bond acceptors (Lipinski definition) is 2. The fourth-order valence-corrected chi connectivity index (χ4v) is 3.92. The third kappa shape index (κ3) is 3.03. The Balaban J connectivity index is 1.79. The smallest absolute Gasteiger partial charge is 0.302 e. The van der Waals surface area contributed by atoms with Gasteiger partial charge in [-0.15, -0.1) is 0 Å². The molecule has 0 saturated carbocycles. The maximum Gasteiger partial charge on any atom is 0.302 e. The van der Waals surface area contributed by atoms with E-state index in [1.54, 1.807) is 0 Å². The molecule has 0 unspecified atom stereocenters. The molecule has 1 aliphatic rings. The second kappa shape index (κ2) is 6.80. The van der Waals surface area contributed by atoms with Crippen molar-refractivity contribution in [2.24, 2.45) is 0 Å². The SMILES string of the molecule is CC(=O)OCCc1ccccc1-c1cc(C)cc2c1Cc1ccccc1-2. The highest BCUT2D eigenvalue weighted by Crippen LogP contribution is 2.43. The van der Waals surface area contributed by atoms with Gasteiger partial charge in [-0.3, -0.25) is 4.79 Å². The fourth-order valence-electron chi connectivity index (χ4n) is 3.92. The molecule has 0 fully saturated rings. The third-order valence-electron chi connectivity index (χ3n) is 5.05. The Labute approximate surface area is 154 Å². The maximum atomic E-state index is 11.1. The molecule has 2 heteroatoms. The molecule has 0 saturated heterocycles. The van der Waals surface area contributed by atoms with Gasteiger partial charge in [0.1, 0.15) is 0 Å². The fraction of sp³-hybridized carbons (Fsp3) is 0.208. The Hall–Kier alpha value is -2.87. The third-order valence-corrected chi connectivity index (χ3v) is 5.05. The molecule has 26 heavy (non-hydrogen) atoms. The van der Waals surface area contributed by atoms with Crippen LogP contribution >= 0.6 is 0 Å². The van der Waals surface area contributed by atoms with E-state index in [0.29, 0.717) is 6.61 Å². The lowest BCUT2D eigenvalue weighted by Crippen LogP contribution is -2.04. The van der Waals surface area contributed by atoms with Crippen LogP contribution in [0.15, 0.2) is 60.7 Å². The molecule has 0 radical (unpaired) electrons. The second-order valence-electron chi connectivity index (χ2n) is 6.92.